The van der Waals surface area contributed by atoms with Gasteiger partial charge in [-0.1, -0.05) is 0 Å². The molecule has 6 N–H and O–H groups in total. The van der Waals surface area contributed by atoms with Crippen molar-refractivity contribution in [3.63, 3.8) is 0 Å². The Bertz CT molecular complexity index is 1060. The van der Waals surface area contributed by atoms with Gasteiger partial charge in [0.25, 0.3) is 0 Å². The van der Waals surface area contributed by atoms with E-state index >= 15 is 0 Å². The lowest BCUT2D eigenvalue weighted by Gasteiger charge is -2.16. The van der Waals surface area contributed by atoms with E-state index in [9.17, 15) is 25.5 Å². The van der Waals surface area contributed by atoms with Gasteiger partial charge in [0.1, 0.15) is 24.6 Å². The standard InChI is InChI=1S/C18H21N5O7/c1-29-10-3-8(2-9(25)13(10)26)4-19-16-12-17(21-6-20-16)23(7-22-12)18-15(28)14(27)11(5-24)30-18/h2-3,6-7,11,14-15,18,24-28H,4-5H2,1H3,(H,19,20,21)/t11-,14-,15-,18-/m1/s1. The predicted octanol–water partition coefficient (Wildman–Crippen LogP) is -0.530. The number of nitrogens with zero attached hydrogens (tertiary/aromatic N) is 4. The first kappa shape index (κ1) is 20.1. The minimum Gasteiger partial charge on any atom is -0.504 e. The Balaban J connectivity index is 1.59. The first-order chi connectivity index (χ1) is 14.4. The van der Waals surface area contributed by atoms with Gasteiger partial charge in [-0.25, -0.2) is 15.0 Å². The summed E-state index contributed by atoms with van der Waals surface area (Å²) in [6.45, 7) is -0.205. The molecule has 0 aliphatic carbocycles. The molecule has 12 heteroatoms. The molecule has 0 bridgehead atoms. The zero-order chi connectivity index (χ0) is 21.4. The molecule has 3 heterocycles. The Morgan fingerprint density at radius 1 is 1.17 bits per heavy atom. The molecule has 1 saturated heterocycles. The summed E-state index contributed by atoms with van der Waals surface area (Å²) < 4.78 is 12.0. The second-order valence-electron chi connectivity index (χ2n) is 6.79. The summed E-state index contributed by atoms with van der Waals surface area (Å²) in [6, 6.07) is 2.96. The Morgan fingerprint density at radius 3 is 2.67 bits per heavy atom. The van der Waals surface area contributed by atoms with Crippen molar-refractivity contribution in [3.05, 3.63) is 30.4 Å². The predicted molar refractivity (Wildman–Crippen MR) is 102 cm³/mol. The van der Waals surface area contributed by atoms with Crippen molar-refractivity contribution in [1.82, 2.24) is 19.5 Å². The SMILES string of the molecule is COc1cc(CNc2ncnc3c2ncn3[C@@H]2O[C@H](CO)[C@@H](O)[C@H]2O)cc(O)c1O. The van der Waals surface area contributed by atoms with E-state index in [-0.39, 0.29) is 23.8 Å². The molecular formula is C18H21N5O7. The number of phenolic OH excluding ortho intramolecular Hbond substituents is 2. The molecule has 3 aromatic rings. The average Bonchev–Trinajstić information content (AvgIpc) is 3.30. The maximum absolute atomic E-state index is 10.3. The lowest BCUT2D eigenvalue weighted by molar-refractivity contribution is -0.0511. The molecule has 30 heavy (non-hydrogen) atoms. The summed E-state index contributed by atoms with van der Waals surface area (Å²) in [7, 11) is 1.38. The maximum Gasteiger partial charge on any atom is 0.200 e. The molecule has 160 valence electrons. The van der Waals surface area contributed by atoms with Crippen LogP contribution >= 0.6 is 0 Å². The Hall–Kier alpha value is -3.19. The number of aliphatic hydroxyl groups is 3. The number of hydrogen-bond donors (Lipinski definition) is 6. The summed E-state index contributed by atoms with van der Waals surface area (Å²) in [6.07, 6.45) is -1.69. The van der Waals surface area contributed by atoms with Gasteiger partial charge in [0.15, 0.2) is 34.7 Å². The maximum atomic E-state index is 10.3. The van der Waals surface area contributed by atoms with Gasteiger partial charge in [-0.05, 0) is 17.7 Å². The van der Waals surface area contributed by atoms with Crippen LogP contribution in [0.4, 0.5) is 5.82 Å². The number of nitrogens with one attached hydrogen (secondary N) is 1. The van der Waals surface area contributed by atoms with Crippen LogP contribution in [0, 0.1) is 0 Å². The molecule has 2 aromatic heterocycles. The fourth-order valence-corrected chi connectivity index (χ4v) is 3.37. The van der Waals surface area contributed by atoms with Crippen LogP contribution in [-0.4, -0.2) is 77.1 Å². The molecule has 1 aliphatic heterocycles. The van der Waals surface area contributed by atoms with Crippen LogP contribution < -0.4 is 10.1 Å². The third kappa shape index (κ3) is 3.35. The van der Waals surface area contributed by atoms with Gasteiger partial charge in [0.2, 0.25) is 5.75 Å². The molecule has 0 radical (unpaired) electrons. The molecule has 1 aromatic carbocycles. The zero-order valence-electron chi connectivity index (χ0n) is 15.9. The van der Waals surface area contributed by atoms with Gasteiger partial charge >= 0.3 is 0 Å². The quantitative estimate of drug-likeness (QED) is 0.283. The van der Waals surface area contributed by atoms with Gasteiger partial charge in [0.05, 0.1) is 20.0 Å². The van der Waals surface area contributed by atoms with Crippen LogP contribution in [0.2, 0.25) is 0 Å². The van der Waals surface area contributed by atoms with Crippen molar-refractivity contribution in [2.75, 3.05) is 19.0 Å². The summed E-state index contributed by atoms with van der Waals surface area (Å²) in [5.74, 6) is -0.138. The molecular weight excluding hydrogens is 398 g/mol. The minimum atomic E-state index is -1.27. The number of aromatic hydroxyl groups is 2. The van der Waals surface area contributed by atoms with Crippen molar-refractivity contribution in [3.8, 4) is 17.2 Å². The van der Waals surface area contributed by atoms with Gasteiger partial charge in [0, 0.05) is 6.54 Å². The number of fused-ring (bicyclic) bond motifs is 1. The van der Waals surface area contributed by atoms with Gasteiger partial charge < -0.3 is 40.3 Å². The summed E-state index contributed by atoms with van der Waals surface area (Å²) in [5.41, 5.74) is 1.37. The number of methoxy groups -OCH3 is 1. The van der Waals surface area contributed by atoms with E-state index in [2.05, 4.69) is 20.3 Å². The summed E-state index contributed by atoms with van der Waals surface area (Å²) in [5, 5.41) is 52.2. The molecule has 4 atom stereocenters. The van der Waals surface area contributed by atoms with Crippen LogP contribution in [0.1, 0.15) is 11.8 Å². The lowest BCUT2D eigenvalue weighted by Crippen LogP contribution is -2.33. The number of rotatable bonds is 6. The van der Waals surface area contributed by atoms with Crippen LogP contribution in [0.15, 0.2) is 24.8 Å². The normalized spacial score (nSPS) is 23.7. The van der Waals surface area contributed by atoms with Crippen molar-refractivity contribution in [2.24, 2.45) is 0 Å². The molecule has 0 spiro atoms. The third-order valence-corrected chi connectivity index (χ3v) is 4.94. The van der Waals surface area contributed by atoms with E-state index in [1.807, 2.05) is 0 Å². The molecule has 12 nitrogen and oxygen atoms in total. The van der Waals surface area contributed by atoms with Gasteiger partial charge in [-0.15, -0.1) is 0 Å². The second kappa shape index (κ2) is 7.91. The minimum absolute atomic E-state index is 0.133. The molecule has 0 saturated carbocycles. The number of aromatic nitrogens is 4. The summed E-state index contributed by atoms with van der Waals surface area (Å²) in [4.78, 5) is 12.6. The highest BCUT2D eigenvalue weighted by atomic mass is 16.6. The highest BCUT2D eigenvalue weighted by Gasteiger charge is 2.44. The van der Waals surface area contributed by atoms with E-state index in [1.165, 1.54) is 30.4 Å². The fourth-order valence-electron chi connectivity index (χ4n) is 3.37. The van der Waals surface area contributed by atoms with Gasteiger partial charge in [-0.2, -0.15) is 0 Å². The highest BCUT2D eigenvalue weighted by molar-refractivity contribution is 5.82. The van der Waals surface area contributed by atoms with Crippen molar-refractivity contribution >= 4 is 17.0 Å². The third-order valence-electron chi connectivity index (χ3n) is 4.94. The van der Waals surface area contributed by atoms with E-state index in [1.54, 1.807) is 6.07 Å². The number of benzene rings is 1. The molecule has 0 unspecified atom stereocenters. The smallest absolute Gasteiger partial charge is 0.200 e. The number of anilines is 1. The number of phenols is 2. The van der Waals surface area contributed by atoms with Crippen LogP contribution in [0.25, 0.3) is 11.2 Å². The Labute approximate surface area is 170 Å². The van der Waals surface area contributed by atoms with E-state index in [0.29, 0.717) is 22.5 Å². The summed E-state index contributed by atoms with van der Waals surface area (Å²) >= 11 is 0. The van der Waals surface area contributed by atoms with Crippen molar-refractivity contribution < 1.29 is 35.0 Å². The number of hydrogen-bond acceptors (Lipinski definition) is 11. The first-order valence-corrected chi connectivity index (χ1v) is 9.07. The zero-order valence-corrected chi connectivity index (χ0v) is 15.9. The van der Waals surface area contributed by atoms with Crippen LogP contribution in [-0.2, 0) is 11.3 Å². The van der Waals surface area contributed by atoms with E-state index in [0.717, 1.165) is 0 Å². The molecule has 0 amide bonds. The van der Waals surface area contributed by atoms with Gasteiger partial charge in [-0.3, -0.25) is 4.57 Å². The highest BCUT2D eigenvalue weighted by Crippen LogP contribution is 2.36. The molecule has 1 fully saturated rings. The largest absolute Gasteiger partial charge is 0.504 e. The van der Waals surface area contributed by atoms with Crippen LogP contribution in [0.5, 0.6) is 17.2 Å². The number of aliphatic hydroxyl groups excluding tert-OH is 3. The average molecular weight is 419 g/mol. The molecule has 4 rings (SSSR count). The van der Waals surface area contributed by atoms with E-state index in [4.69, 9.17) is 9.47 Å². The second-order valence-corrected chi connectivity index (χ2v) is 6.79. The number of imidazole rings is 1. The molecule has 1 aliphatic rings. The number of ether oxygens (including phenoxy) is 2. The Morgan fingerprint density at radius 2 is 1.97 bits per heavy atom. The van der Waals surface area contributed by atoms with Crippen molar-refractivity contribution in [1.29, 1.82) is 0 Å². The monoisotopic (exact) mass is 419 g/mol. The Kier molecular flexibility index (Phi) is 5.30. The van der Waals surface area contributed by atoms with Crippen LogP contribution in [0.3, 0.4) is 0 Å². The van der Waals surface area contributed by atoms with E-state index < -0.39 is 31.1 Å². The first-order valence-electron chi connectivity index (χ1n) is 9.07. The van der Waals surface area contributed by atoms with Crippen molar-refractivity contribution in [2.45, 2.75) is 31.1 Å². The fraction of sp³-hybridized carbons (Fsp3) is 0.389. The topological polar surface area (TPSA) is 175 Å². The lowest BCUT2D eigenvalue weighted by atomic mass is 10.1.